The third-order valence-corrected chi connectivity index (χ3v) is 4.68. The topological polar surface area (TPSA) is 79.4 Å². The Kier molecular flexibility index (Phi) is 4.38. The first kappa shape index (κ1) is 17.3. The lowest BCUT2D eigenvalue weighted by Crippen LogP contribution is -1.97. The molecule has 7 heteroatoms. The SMILES string of the molecule is Clc1ccc2nc(-c3cccc(Nc4ncc(-c5ccccn5)cn4)c3)[nH]c2c1. The zero-order valence-electron chi connectivity index (χ0n) is 15.2. The molecule has 5 aromatic rings. The Hall–Kier alpha value is -3.77. The van der Waals surface area contributed by atoms with Crippen LogP contribution in [-0.2, 0) is 0 Å². The van der Waals surface area contributed by atoms with E-state index < -0.39 is 0 Å². The van der Waals surface area contributed by atoms with Gasteiger partial charge in [0.1, 0.15) is 5.82 Å². The van der Waals surface area contributed by atoms with E-state index in [0.29, 0.717) is 11.0 Å². The lowest BCUT2D eigenvalue weighted by Gasteiger charge is -2.07. The number of aromatic amines is 1. The number of hydrogen-bond donors (Lipinski definition) is 2. The number of rotatable bonds is 4. The van der Waals surface area contributed by atoms with Gasteiger partial charge in [0.05, 0.1) is 16.7 Å². The fraction of sp³-hybridized carbons (Fsp3) is 0. The van der Waals surface area contributed by atoms with Crippen molar-refractivity contribution >= 4 is 34.3 Å². The zero-order valence-corrected chi connectivity index (χ0v) is 15.9. The van der Waals surface area contributed by atoms with Gasteiger partial charge in [-0.2, -0.15) is 0 Å². The van der Waals surface area contributed by atoms with Crippen LogP contribution < -0.4 is 5.32 Å². The van der Waals surface area contributed by atoms with Crippen LogP contribution in [0, 0.1) is 0 Å². The van der Waals surface area contributed by atoms with Gasteiger partial charge in [0.15, 0.2) is 0 Å². The predicted octanol–water partition coefficient (Wildman–Crippen LogP) is 5.48. The molecule has 0 radical (unpaired) electrons. The van der Waals surface area contributed by atoms with Gasteiger partial charge < -0.3 is 10.3 Å². The lowest BCUT2D eigenvalue weighted by atomic mass is 10.2. The molecule has 5 rings (SSSR count). The zero-order chi connectivity index (χ0) is 19.6. The first-order chi connectivity index (χ1) is 14.2. The van der Waals surface area contributed by atoms with Crippen molar-refractivity contribution in [3.8, 4) is 22.6 Å². The molecule has 0 fully saturated rings. The maximum absolute atomic E-state index is 6.06. The van der Waals surface area contributed by atoms with Gasteiger partial charge in [0, 0.05) is 40.4 Å². The highest BCUT2D eigenvalue weighted by molar-refractivity contribution is 6.31. The summed E-state index contributed by atoms with van der Waals surface area (Å²) in [7, 11) is 0. The summed E-state index contributed by atoms with van der Waals surface area (Å²) in [4.78, 5) is 21.1. The molecule has 0 aliphatic heterocycles. The Balaban J connectivity index is 1.39. The number of fused-ring (bicyclic) bond motifs is 1. The van der Waals surface area contributed by atoms with Gasteiger partial charge in [-0.15, -0.1) is 0 Å². The van der Waals surface area contributed by atoms with Crippen LogP contribution in [0.15, 0.2) is 79.3 Å². The Morgan fingerprint density at radius 1 is 0.828 bits per heavy atom. The predicted molar refractivity (Wildman–Crippen MR) is 115 cm³/mol. The van der Waals surface area contributed by atoms with Crippen molar-refractivity contribution < 1.29 is 0 Å². The second-order valence-electron chi connectivity index (χ2n) is 6.46. The molecule has 0 spiro atoms. The fourth-order valence-corrected chi connectivity index (χ4v) is 3.22. The smallest absolute Gasteiger partial charge is 0.227 e. The second-order valence-corrected chi connectivity index (χ2v) is 6.90. The van der Waals surface area contributed by atoms with E-state index in [1.165, 1.54) is 0 Å². The van der Waals surface area contributed by atoms with Crippen molar-refractivity contribution in [2.75, 3.05) is 5.32 Å². The largest absolute Gasteiger partial charge is 0.338 e. The number of nitrogens with one attached hydrogen (secondary N) is 2. The van der Waals surface area contributed by atoms with Gasteiger partial charge in [-0.25, -0.2) is 15.0 Å². The first-order valence-electron chi connectivity index (χ1n) is 9.01. The maximum atomic E-state index is 6.06. The molecule has 0 unspecified atom stereocenters. The molecule has 29 heavy (non-hydrogen) atoms. The van der Waals surface area contributed by atoms with Crippen LogP contribution in [0.5, 0.6) is 0 Å². The maximum Gasteiger partial charge on any atom is 0.227 e. The van der Waals surface area contributed by atoms with Gasteiger partial charge in [-0.05, 0) is 42.5 Å². The van der Waals surface area contributed by atoms with E-state index >= 15 is 0 Å². The summed E-state index contributed by atoms with van der Waals surface area (Å²) in [6, 6.07) is 19.2. The van der Waals surface area contributed by atoms with Gasteiger partial charge in [0.2, 0.25) is 5.95 Å². The summed E-state index contributed by atoms with van der Waals surface area (Å²) < 4.78 is 0. The van der Waals surface area contributed by atoms with Crippen molar-refractivity contribution in [3.63, 3.8) is 0 Å². The molecule has 2 aromatic carbocycles. The Morgan fingerprint density at radius 2 is 1.72 bits per heavy atom. The normalized spacial score (nSPS) is 10.9. The summed E-state index contributed by atoms with van der Waals surface area (Å²) in [5.41, 5.74) is 5.30. The number of hydrogen-bond acceptors (Lipinski definition) is 5. The molecular formula is C22H15ClN6. The van der Waals surface area contributed by atoms with E-state index in [4.69, 9.17) is 11.6 Å². The summed E-state index contributed by atoms with van der Waals surface area (Å²) in [5, 5.41) is 3.91. The first-order valence-corrected chi connectivity index (χ1v) is 9.39. The number of nitrogens with zero attached hydrogens (tertiary/aromatic N) is 4. The van der Waals surface area contributed by atoms with Crippen LogP contribution >= 0.6 is 11.6 Å². The Bertz CT molecular complexity index is 1280. The van der Waals surface area contributed by atoms with Gasteiger partial charge >= 0.3 is 0 Å². The van der Waals surface area contributed by atoms with Crippen LogP contribution in [0.1, 0.15) is 0 Å². The van der Waals surface area contributed by atoms with Gasteiger partial charge in [-0.1, -0.05) is 29.8 Å². The number of anilines is 2. The van der Waals surface area contributed by atoms with E-state index in [-0.39, 0.29) is 0 Å². The van der Waals surface area contributed by atoms with Crippen LogP contribution in [0.3, 0.4) is 0 Å². The van der Waals surface area contributed by atoms with Crippen molar-refractivity contribution in [2.45, 2.75) is 0 Å². The third kappa shape index (κ3) is 3.66. The Morgan fingerprint density at radius 3 is 2.55 bits per heavy atom. The quantitative estimate of drug-likeness (QED) is 0.419. The van der Waals surface area contributed by atoms with Crippen molar-refractivity contribution in [3.05, 3.63) is 84.3 Å². The number of H-pyrrole nitrogens is 1. The van der Waals surface area contributed by atoms with Crippen LogP contribution in [-0.4, -0.2) is 24.9 Å². The molecule has 3 heterocycles. The van der Waals surface area contributed by atoms with Crippen molar-refractivity contribution in [2.24, 2.45) is 0 Å². The van der Waals surface area contributed by atoms with E-state index in [2.05, 4.69) is 30.2 Å². The third-order valence-electron chi connectivity index (χ3n) is 4.45. The monoisotopic (exact) mass is 398 g/mol. The molecule has 0 aliphatic rings. The average molecular weight is 399 g/mol. The molecule has 0 atom stereocenters. The minimum Gasteiger partial charge on any atom is -0.338 e. The minimum atomic E-state index is 0.512. The highest BCUT2D eigenvalue weighted by Crippen LogP contribution is 2.25. The van der Waals surface area contributed by atoms with Crippen molar-refractivity contribution in [1.29, 1.82) is 0 Å². The van der Waals surface area contributed by atoms with Crippen molar-refractivity contribution in [1.82, 2.24) is 24.9 Å². The van der Waals surface area contributed by atoms with E-state index in [1.807, 2.05) is 60.7 Å². The molecule has 0 saturated heterocycles. The van der Waals surface area contributed by atoms with Gasteiger partial charge in [0.25, 0.3) is 0 Å². The van der Waals surface area contributed by atoms with Crippen LogP contribution in [0.4, 0.5) is 11.6 Å². The molecule has 0 bridgehead atoms. The number of benzene rings is 2. The summed E-state index contributed by atoms with van der Waals surface area (Å²) in [6.45, 7) is 0. The summed E-state index contributed by atoms with van der Waals surface area (Å²) in [5.74, 6) is 1.29. The number of halogens is 1. The Labute approximate surface area is 171 Å². The average Bonchev–Trinajstić information content (AvgIpc) is 3.18. The highest BCUT2D eigenvalue weighted by Gasteiger charge is 2.07. The van der Waals surface area contributed by atoms with Crippen LogP contribution in [0.25, 0.3) is 33.7 Å². The van der Waals surface area contributed by atoms with E-state index in [0.717, 1.165) is 39.4 Å². The lowest BCUT2D eigenvalue weighted by molar-refractivity contribution is 1.16. The summed E-state index contributed by atoms with van der Waals surface area (Å²) >= 11 is 6.06. The summed E-state index contributed by atoms with van der Waals surface area (Å²) in [6.07, 6.45) is 5.26. The van der Waals surface area contributed by atoms with Crippen LogP contribution in [0.2, 0.25) is 5.02 Å². The molecule has 2 N–H and O–H groups in total. The standard InChI is InChI=1S/C22H15ClN6/c23-16-7-8-19-20(11-16)29-21(28-19)14-4-3-5-17(10-14)27-22-25-12-15(13-26-22)18-6-1-2-9-24-18/h1-13H,(H,28,29)(H,25,26,27). The fourth-order valence-electron chi connectivity index (χ4n) is 3.05. The second kappa shape index (κ2) is 7.33. The molecule has 6 nitrogen and oxygen atoms in total. The molecule has 0 amide bonds. The molecule has 0 aliphatic carbocycles. The number of imidazole rings is 1. The number of aromatic nitrogens is 5. The number of pyridine rings is 1. The minimum absolute atomic E-state index is 0.512. The van der Waals surface area contributed by atoms with Gasteiger partial charge in [-0.3, -0.25) is 4.98 Å². The molecule has 3 aromatic heterocycles. The molecule has 140 valence electrons. The molecule has 0 saturated carbocycles. The van der Waals surface area contributed by atoms with E-state index in [1.54, 1.807) is 18.6 Å². The molecular weight excluding hydrogens is 384 g/mol. The van der Waals surface area contributed by atoms with E-state index in [9.17, 15) is 0 Å². The highest BCUT2D eigenvalue weighted by atomic mass is 35.5.